The number of piperidine rings is 2. The van der Waals surface area contributed by atoms with Crippen LogP contribution in [0.2, 0.25) is 0 Å². The molecule has 0 saturated carbocycles. The Labute approximate surface area is 110 Å². The van der Waals surface area contributed by atoms with Gasteiger partial charge in [-0.2, -0.15) is 0 Å². The Hall–Kier alpha value is -0.610. The van der Waals surface area contributed by atoms with Crippen molar-refractivity contribution in [2.75, 3.05) is 39.8 Å². The van der Waals surface area contributed by atoms with Crippen molar-refractivity contribution in [2.45, 2.75) is 32.1 Å². The average Bonchev–Trinajstić information content (AvgIpc) is 2.40. The fourth-order valence-corrected chi connectivity index (χ4v) is 3.14. The van der Waals surface area contributed by atoms with E-state index >= 15 is 0 Å². The van der Waals surface area contributed by atoms with Crippen LogP contribution in [0.25, 0.3) is 0 Å². The van der Waals surface area contributed by atoms with E-state index in [9.17, 15) is 4.79 Å². The molecular weight excluding hydrogens is 226 g/mol. The summed E-state index contributed by atoms with van der Waals surface area (Å²) >= 11 is 0. The fourth-order valence-electron chi connectivity index (χ4n) is 3.14. The van der Waals surface area contributed by atoms with Crippen LogP contribution in [0.1, 0.15) is 32.1 Å². The number of nitrogens with one attached hydrogen (secondary N) is 2. The highest BCUT2D eigenvalue weighted by Gasteiger charge is 2.21. The van der Waals surface area contributed by atoms with E-state index in [0.29, 0.717) is 0 Å². The summed E-state index contributed by atoms with van der Waals surface area (Å²) in [5.41, 5.74) is 0. The van der Waals surface area contributed by atoms with Crippen LogP contribution in [0.5, 0.6) is 0 Å². The maximum absolute atomic E-state index is 12.0. The highest BCUT2D eigenvalue weighted by Crippen LogP contribution is 2.18. The van der Waals surface area contributed by atoms with Gasteiger partial charge in [0.25, 0.3) is 0 Å². The molecule has 0 aromatic heterocycles. The quantitative estimate of drug-likeness (QED) is 0.780. The lowest BCUT2D eigenvalue weighted by molar-refractivity contribution is -0.125. The Morgan fingerprint density at radius 3 is 2.83 bits per heavy atom. The molecule has 0 aromatic carbocycles. The van der Waals surface area contributed by atoms with Crippen LogP contribution in [-0.4, -0.2) is 50.6 Å². The summed E-state index contributed by atoms with van der Waals surface area (Å²) in [5, 5.41) is 6.43. The number of carbonyl (C=O) groups excluding carboxylic acids is 1. The van der Waals surface area contributed by atoms with Gasteiger partial charge in [-0.05, 0) is 64.7 Å². The summed E-state index contributed by atoms with van der Waals surface area (Å²) in [5.74, 6) is 1.30. The molecule has 2 heterocycles. The zero-order chi connectivity index (χ0) is 12.8. The van der Waals surface area contributed by atoms with E-state index in [-0.39, 0.29) is 11.8 Å². The first-order valence-electron chi connectivity index (χ1n) is 7.42. The number of carbonyl (C=O) groups is 1. The van der Waals surface area contributed by atoms with Crippen LogP contribution in [0.15, 0.2) is 0 Å². The molecule has 2 saturated heterocycles. The molecule has 0 aliphatic carbocycles. The lowest BCUT2D eigenvalue weighted by Crippen LogP contribution is -2.39. The Bertz CT molecular complexity index is 264. The second-order valence-corrected chi connectivity index (χ2v) is 5.87. The van der Waals surface area contributed by atoms with Crippen molar-refractivity contribution < 1.29 is 4.79 Å². The average molecular weight is 253 g/mol. The highest BCUT2D eigenvalue weighted by atomic mass is 16.1. The number of hydrogen-bond acceptors (Lipinski definition) is 3. The van der Waals surface area contributed by atoms with E-state index in [1.807, 2.05) is 0 Å². The first-order valence-corrected chi connectivity index (χ1v) is 7.42. The van der Waals surface area contributed by atoms with Crippen LogP contribution in [0.3, 0.4) is 0 Å². The van der Waals surface area contributed by atoms with Crippen LogP contribution >= 0.6 is 0 Å². The zero-order valence-corrected chi connectivity index (χ0v) is 11.6. The highest BCUT2D eigenvalue weighted by molar-refractivity contribution is 5.78. The third-order valence-corrected chi connectivity index (χ3v) is 4.28. The minimum Gasteiger partial charge on any atom is -0.356 e. The van der Waals surface area contributed by atoms with E-state index in [0.717, 1.165) is 44.8 Å². The van der Waals surface area contributed by atoms with Gasteiger partial charge in [0.05, 0.1) is 0 Å². The standard InChI is InChI=1S/C14H27N3O/c1-17-10-2-3-12(11-17)4-9-16-14(18)13-5-7-15-8-6-13/h12-13,15H,2-11H2,1H3,(H,16,18). The maximum atomic E-state index is 12.0. The van der Waals surface area contributed by atoms with Gasteiger partial charge in [-0.15, -0.1) is 0 Å². The number of amides is 1. The third kappa shape index (κ3) is 4.25. The van der Waals surface area contributed by atoms with E-state index in [1.54, 1.807) is 0 Å². The van der Waals surface area contributed by atoms with Crippen LogP contribution in [-0.2, 0) is 4.79 Å². The molecule has 2 aliphatic heterocycles. The van der Waals surface area contributed by atoms with Gasteiger partial charge in [-0.3, -0.25) is 4.79 Å². The Kier molecular flexibility index (Phi) is 5.45. The van der Waals surface area contributed by atoms with E-state index < -0.39 is 0 Å². The lowest BCUT2D eigenvalue weighted by Gasteiger charge is -2.30. The molecule has 2 rings (SSSR count). The van der Waals surface area contributed by atoms with Gasteiger partial charge in [0, 0.05) is 19.0 Å². The Balaban J connectivity index is 1.60. The molecule has 4 heteroatoms. The molecule has 18 heavy (non-hydrogen) atoms. The van der Waals surface area contributed by atoms with E-state index in [2.05, 4.69) is 22.6 Å². The zero-order valence-electron chi connectivity index (χ0n) is 11.6. The lowest BCUT2D eigenvalue weighted by atomic mass is 9.94. The topological polar surface area (TPSA) is 44.4 Å². The second-order valence-electron chi connectivity index (χ2n) is 5.87. The van der Waals surface area contributed by atoms with Crippen molar-refractivity contribution in [1.82, 2.24) is 15.5 Å². The van der Waals surface area contributed by atoms with Crippen molar-refractivity contribution >= 4 is 5.91 Å². The number of rotatable bonds is 4. The monoisotopic (exact) mass is 253 g/mol. The molecule has 0 spiro atoms. The summed E-state index contributed by atoms with van der Waals surface area (Å²) in [6, 6.07) is 0. The van der Waals surface area contributed by atoms with Gasteiger partial charge in [-0.25, -0.2) is 0 Å². The third-order valence-electron chi connectivity index (χ3n) is 4.28. The Morgan fingerprint density at radius 1 is 1.33 bits per heavy atom. The summed E-state index contributed by atoms with van der Waals surface area (Å²) < 4.78 is 0. The largest absolute Gasteiger partial charge is 0.356 e. The smallest absolute Gasteiger partial charge is 0.223 e. The molecule has 1 unspecified atom stereocenters. The van der Waals surface area contributed by atoms with Gasteiger partial charge in [0.1, 0.15) is 0 Å². The second kappa shape index (κ2) is 7.10. The molecular formula is C14H27N3O. The van der Waals surface area contributed by atoms with Crippen molar-refractivity contribution in [3.8, 4) is 0 Å². The molecule has 1 atom stereocenters. The molecule has 0 aromatic rings. The predicted octanol–water partition coefficient (Wildman–Crippen LogP) is 0.834. The van der Waals surface area contributed by atoms with Gasteiger partial charge >= 0.3 is 0 Å². The van der Waals surface area contributed by atoms with Crippen LogP contribution in [0.4, 0.5) is 0 Å². The molecule has 104 valence electrons. The molecule has 2 fully saturated rings. The summed E-state index contributed by atoms with van der Waals surface area (Å²) in [6.07, 6.45) is 5.77. The molecule has 1 amide bonds. The van der Waals surface area contributed by atoms with Crippen molar-refractivity contribution in [3.63, 3.8) is 0 Å². The number of hydrogen-bond donors (Lipinski definition) is 2. The summed E-state index contributed by atoms with van der Waals surface area (Å²) in [7, 11) is 2.19. The molecule has 2 N–H and O–H groups in total. The van der Waals surface area contributed by atoms with Gasteiger partial charge in [0.2, 0.25) is 5.91 Å². The van der Waals surface area contributed by atoms with Crippen molar-refractivity contribution in [2.24, 2.45) is 11.8 Å². The SMILES string of the molecule is CN1CCCC(CCNC(=O)C2CCNCC2)C1. The van der Waals surface area contributed by atoms with E-state index in [4.69, 9.17) is 0 Å². The molecule has 2 aliphatic rings. The summed E-state index contributed by atoms with van der Waals surface area (Å²) in [6.45, 7) is 5.28. The normalized spacial score (nSPS) is 27.1. The summed E-state index contributed by atoms with van der Waals surface area (Å²) in [4.78, 5) is 14.4. The predicted molar refractivity (Wildman–Crippen MR) is 73.4 cm³/mol. The fraction of sp³-hybridized carbons (Fsp3) is 0.929. The Morgan fingerprint density at radius 2 is 2.11 bits per heavy atom. The molecule has 0 bridgehead atoms. The van der Waals surface area contributed by atoms with Crippen molar-refractivity contribution in [1.29, 1.82) is 0 Å². The number of likely N-dealkylation sites (tertiary alicyclic amines) is 1. The molecule has 4 nitrogen and oxygen atoms in total. The van der Waals surface area contributed by atoms with Gasteiger partial charge < -0.3 is 15.5 Å². The number of nitrogens with zero attached hydrogens (tertiary/aromatic N) is 1. The first-order chi connectivity index (χ1) is 8.75. The molecule has 0 radical (unpaired) electrons. The van der Waals surface area contributed by atoms with Gasteiger partial charge in [-0.1, -0.05) is 0 Å². The minimum absolute atomic E-state index is 0.250. The van der Waals surface area contributed by atoms with Crippen LogP contribution in [0, 0.1) is 11.8 Å². The first kappa shape index (κ1) is 13.8. The van der Waals surface area contributed by atoms with Crippen LogP contribution < -0.4 is 10.6 Å². The maximum Gasteiger partial charge on any atom is 0.223 e. The van der Waals surface area contributed by atoms with Gasteiger partial charge in [0.15, 0.2) is 0 Å². The minimum atomic E-state index is 0.250. The van der Waals surface area contributed by atoms with Crippen molar-refractivity contribution in [3.05, 3.63) is 0 Å². The van der Waals surface area contributed by atoms with E-state index in [1.165, 1.54) is 25.9 Å².